The smallest absolute Gasteiger partial charge is 0.150 e. The highest BCUT2D eigenvalue weighted by molar-refractivity contribution is 5.81. The Morgan fingerprint density at radius 3 is 2.41 bits per heavy atom. The summed E-state index contributed by atoms with van der Waals surface area (Å²) in [6.07, 6.45) is 9.50. The lowest BCUT2D eigenvalue weighted by Crippen LogP contribution is -1.80. The van der Waals surface area contributed by atoms with Gasteiger partial charge in [0.15, 0.2) is 0 Å². The van der Waals surface area contributed by atoms with Crippen LogP contribution in [-0.4, -0.2) is 6.29 Å². The summed E-state index contributed by atoms with van der Waals surface area (Å²) in [5.74, 6) is 0. The van der Waals surface area contributed by atoms with Crippen molar-refractivity contribution in [3.05, 3.63) is 65.8 Å². The van der Waals surface area contributed by atoms with Gasteiger partial charge in [-0.2, -0.15) is 0 Å². The van der Waals surface area contributed by atoms with E-state index in [1.54, 1.807) is 0 Å². The van der Waals surface area contributed by atoms with E-state index in [9.17, 15) is 4.79 Å². The standard InChI is InChI=1S/C14H12O.C2H6/c15-11-12-5-4-8-14(10-9-12)13-6-2-1-3-7-13;1-2/h1-7,9-11H,8H2;1-2H3. The number of rotatable bonds is 2. The molecule has 0 aliphatic heterocycles. The fourth-order valence-electron chi connectivity index (χ4n) is 1.59. The Morgan fingerprint density at radius 1 is 1.06 bits per heavy atom. The topological polar surface area (TPSA) is 17.1 Å². The summed E-state index contributed by atoms with van der Waals surface area (Å²) in [5, 5.41) is 0. The van der Waals surface area contributed by atoms with E-state index in [4.69, 9.17) is 0 Å². The minimum absolute atomic E-state index is 0.723. The van der Waals surface area contributed by atoms with E-state index in [1.165, 1.54) is 11.1 Å². The molecule has 0 saturated carbocycles. The molecule has 0 spiro atoms. The predicted octanol–water partition coefficient (Wildman–Crippen LogP) is 4.18. The van der Waals surface area contributed by atoms with Crippen LogP contribution in [0.3, 0.4) is 0 Å². The maximum atomic E-state index is 10.6. The van der Waals surface area contributed by atoms with Gasteiger partial charge in [-0.3, -0.25) is 4.79 Å². The molecule has 0 bridgehead atoms. The molecule has 0 aromatic heterocycles. The molecule has 0 amide bonds. The third kappa shape index (κ3) is 3.87. The fraction of sp³-hybridized carbons (Fsp3) is 0.188. The Kier molecular flexibility index (Phi) is 5.73. The predicted molar refractivity (Wildman–Crippen MR) is 73.7 cm³/mol. The van der Waals surface area contributed by atoms with Crippen LogP contribution in [0.1, 0.15) is 25.8 Å². The zero-order valence-electron chi connectivity index (χ0n) is 10.4. The van der Waals surface area contributed by atoms with Crippen molar-refractivity contribution in [1.29, 1.82) is 0 Å². The number of benzene rings is 1. The van der Waals surface area contributed by atoms with Gasteiger partial charge in [-0.1, -0.05) is 68.5 Å². The van der Waals surface area contributed by atoms with E-state index in [0.717, 1.165) is 18.3 Å². The van der Waals surface area contributed by atoms with Crippen molar-refractivity contribution in [3.63, 3.8) is 0 Å². The molecular weight excluding hydrogens is 208 g/mol. The second-order valence-electron chi connectivity index (χ2n) is 3.45. The fourth-order valence-corrected chi connectivity index (χ4v) is 1.59. The van der Waals surface area contributed by atoms with Crippen LogP contribution in [0, 0.1) is 0 Å². The molecule has 17 heavy (non-hydrogen) atoms. The van der Waals surface area contributed by atoms with Gasteiger partial charge in [0.25, 0.3) is 0 Å². The molecule has 1 aromatic carbocycles. The van der Waals surface area contributed by atoms with Gasteiger partial charge in [-0.25, -0.2) is 0 Å². The molecule has 0 fully saturated rings. The molecule has 0 heterocycles. The van der Waals surface area contributed by atoms with Crippen LogP contribution >= 0.6 is 0 Å². The number of hydrogen-bond acceptors (Lipinski definition) is 1. The molecule has 0 atom stereocenters. The minimum atomic E-state index is 0.723. The van der Waals surface area contributed by atoms with E-state index in [0.29, 0.717) is 0 Å². The third-order valence-electron chi connectivity index (χ3n) is 2.41. The normalized spacial score (nSPS) is 13.8. The molecule has 0 N–H and O–H groups in total. The highest BCUT2D eigenvalue weighted by Crippen LogP contribution is 2.21. The van der Waals surface area contributed by atoms with Gasteiger partial charge in [0, 0.05) is 5.57 Å². The number of carbonyl (C=O) groups is 1. The Bertz CT molecular complexity index is 436. The number of hydrogen-bond donors (Lipinski definition) is 0. The number of allylic oxidation sites excluding steroid dienone is 6. The molecule has 88 valence electrons. The SMILES string of the molecule is CC.O=CC1=CC=C(c2ccccc2)CC=C1. The maximum Gasteiger partial charge on any atom is 0.150 e. The van der Waals surface area contributed by atoms with Crippen LogP contribution in [-0.2, 0) is 4.79 Å². The lowest BCUT2D eigenvalue weighted by atomic mass is 10.0. The Balaban J connectivity index is 0.000000686. The molecule has 0 unspecified atom stereocenters. The lowest BCUT2D eigenvalue weighted by molar-refractivity contribution is -0.104. The van der Waals surface area contributed by atoms with E-state index in [1.807, 2.05) is 56.4 Å². The van der Waals surface area contributed by atoms with Crippen molar-refractivity contribution >= 4 is 11.9 Å². The second-order valence-corrected chi connectivity index (χ2v) is 3.45. The van der Waals surface area contributed by atoms with Gasteiger partial charge in [-0.15, -0.1) is 0 Å². The quantitative estimate of drug-likeness (QED) is 0.691. The minimum Gasteiger partial charge on any atom is -0.298 e. The summed E-state index contributed by atoms with van der Waals surface area (Å²) in [5.41, 5.74) is 3.18. The summed E-state index contributed by atoms with van der Waals surface area (Å²) < 4.78 is 0. The van der Waals surface area contributed by atoms with Gasteiger partial charge < -0.3 is 0 Å². The van der Waals surface area contributed by atoms with Crippen molar-refractivity contribution < 1.29 is 4.79 Å². The van der Waals surface area contributed by atoms with Crippen molar-refractivity contribution in [2.45, 2.75) is 20.3 Å². The van der Waals surface area contributed by atoms with Gasteiger partial charge in [-0.05, 0) is 17.6 Å². The van der Waals surface area contributed by atoms with Gasteiger partial charge >= 0.3 is 0 Å². The van der Waals surface area contributed by atoms with Crippen molar-refractivity contribution in [3.8, 4) is 0 Å². The highest BCUT2D eigenvalue weighted by Gasteiger charge is 2.00. The summed E-state index contributed by atoms with van der Waals surface area (Å²) in [7, 11) is 0. The summed E-state index contributed by atoms with van der Waals surface area (Å²) in [6, 6.07) is 10.2. The average Bonchev–Trinajstić information content (AvgIpc) is 2.67. The summed E-state index contributed by atoms with van der Waals surface area (Å²) in [6.45, 7) is 4.00. The van der Waals surface area contributed by atoms with E-state index in [2.05, 4.69) is 12.1 Å². The Morgan fingerprint density at radius 2 is 1.76 bits per heavy atom. The number of carbonyl (C=O) groups excluding carboxylic acids is 1. The molecule has 0 radical (unpaired) electrons. The maximum absolute atomic E-state index is 10.6. The first-order chi connectivity index (χ1) is 8.40. The van der Waals surface area contributed by atoms with Gasteiger partial charge in [0.2, 0.25) is 0 Å². The second kappa shape index (κ2) is 7.39. The van der Waals surface area contributed by atoms with Gasteiger partial charge in [0.1, 0.15) is 6.29 Å². The first kappa shape index (κ1) is 13.2. The van der Waals surface area contributed by atoms with E-state index >= 15 is 0 Å². The van der Waals surface area contributed by atoms with E-state index < -0.39 is 0 Å². The Labute approximate surface area is 103 Å². The largest absolute Gasteiger partial charge is 0.298 e. The average molecular weight is 226 g/mol. The monoisotopic (exact) mass is 226 g/mol. The first-order valence-electron chi connectivity index (χ1n) is 5.98. The Hall–Kier alpha value is -1.89. The summed E-state index contributed by atoms with van der Waals surface area (Å²) in [4.78, 5) is 10.6. The highest BCUT2D eigenvalue weighted by atomic mass is 16.1. The number of aldehydes is 1. The van der Waals surface area contributed by atoms with Crippen LogP contribution < -0.4 is 0 Å². The molecule has 1 aliphatic carbocycles. The van der Waals surface area contributed by atoms with Crippen molar-refractivity contribution in [1.82, 2.24) is 0 Å². The van der Waals surface area contributed by atoms with Gasteiger partial charge in [0.05, 0.1) is 0 Å². The molecular formula is C16H18O. The zero-order valence-corrected chi connectivity index (χ0v) is 10.4. The third-order valence-corrected chi connectivity index (χ3v) is 2.41. The summed E-state index contributed by atoms with van der Waals surface area (Å²) >= 11 is 0. The molecule has 1 aromatic rings. The van der Waals surface area contributed by atoms with Crippen LogP contribution in [0.2, 0.25) is 0 Å². The molecule has 2 rings (SSSR count). The van der Waals surface area contributed by atoms with Crippen LogP contribution in [0.25, 0.3) is 5.57 Å². The van der Waals surface area contributed by atoms with Crippen molar-refractivity contribution in [2.75, 3.05) is 0 Å². The first-order valence-corrected chi connectivity index (χ1v) is 5.98. The molecule has 1 heteroatoms. The molecule has 1 nitrogen and oxygen atoms in total. The molecule has 1 aliphatic rings. The van der Waals surface area contributed by atoms with E-state index in [-0.39, 0.29) is 0 Å². The van der Waals surface area contributed by atoms with Crippen molar-refractivity contribution in [2.24, 2.45) is 0 Å². The lowest BCUT2D eigenvalue weighted by Gasteiger charge is -2.02. The van der Waals surface area contributed by atoms with Crippen LogP contribution in [0.15, 0.2) is 60.2 Å². The van der Waals surface area contributed by atoms with Crippen LogP contribution in [0.5, 0.6) is 0 Å². The van der Waals surface area contributed by atoms with Crippen LogP contribution in [0.4, 0.5) is 0 Å². The molecule has 0 saturated heterocycles. The zero-order chi connectivity index (χ0) is 12.5.